The molecule has 0 aromatic heterocycles. The highest BCUT2D eigenvalue weighted by molar-refractivity contribution is 4.35. The van der Waals surface area contributed by atoms with E-state index in [1.807, 2.05) is 0 Å². The van der Waals surface area contributed by atoms with Crippen LogP contribution in [0.4, 0.5) is 0 Å². The van der Waals surface area contributed by atoms with E-state index in [4.69, 9.17) is 5.84 Å². The van der Waals surface area contributed by atoms with Crippen LogP contribution in [0.1, 0.15) is 0 Å². The van der Waals surface area contributed by atoms with Gasteiger partial charge >= 0.3 is 0 Å². The van der Waals surface area contributed by atoms with Gasteiger partial charge in [0, 0.05) is 7.11 Å². The molecule has 0 unspecified atom stereocenters. The fourth-order valence-electron chi connectivity index (χ4n) is 0.114. The second-order valence-electron chi connectivity index (χ2n) is 0.749. The Morgan fingerprint density at radius 2 is 2.14 bits per heavy atom. The molecule has 5 nitrogen and oxygen atoms in total. The molecule has 0 bridgehead atoms. The van der Waals surface area contributed by atoms with Crippen LogP contribution in [0.5, 0.6) is 0 Å². The van der Waals surface area contributed by atoms with Gasteiger partial charge in [0.25, 0.3) is 0 Å². The van der Waals surface area contributed by atoms with Gasteiger partial charge in [-0.1, -0.05) is 0 Å². The Labute approximate surface area is 41.8 Å². The van der Waals surface area contributed by atoms with Gasteiger partial charge in [-0.2, -0.15) is 0 Å². The molecule has 0 amide bonds. The zero-order chi connectivity index (χ0) is 5.70. The largest absolute Gasteiger partial charge is 0.472 e. The Balaban J connectivity index is 2.83. The number of hydrazine groups is 1. The molecule has 0 aromatic carbocycles. The summed E-state index contributed by atoms with van der Waals surface area (Å²) < 4.78 is 0. The van der Waals surface area contributed by atoms with Gasteiger partial charge in [-0.15, -0.1) is 0 Å². The van der Waals surface area contributed by atoms with Crippen LogP contribution in [0.15, 0.2) is 0 Å². The quantitative estimate of drug-likeness (QED) is 0.392. The Morgan fingerprint density at radius 3 is 2.29 bits per heavy atom. The van der Waals surface area contributed by atoms with Crippen molar-refractivity contribution in [2.24, 2.45) is 5.84 Å². The Bertz CT molecular complexity index is 41.9. The van der Waals surface area contributed by atoms with Crippen LogP contribution < -0.4 is 5.84 Å². The van der Waals surface area contributed by atoms with Gasteiger partial charge in [-0.25, -0.2) is 5.28 Å². The van der Waals surface area contributed by atoms with Crippen LogP contribution in [-0.2, 0) is 9.68 Å². The molecule has 0 saturated carbocycles. The van der Waals surface area contributed by atoms with Crippen LogP contribution in [0.25, 0.3) is 5.59 Å². The Morgan fingerprint density at radius 1 is 1.57 bits per heavy atom. The van der Waals surface area contributed by atoms with E-state index in [9.17, 15) is 0 Å². The van der Waals surface area contributed by atoms with Gasteiger partial charge in [-0.3, -0.25) is 5.84 Å². The van der Waals surface area contributed by atoms with Crippen LogP contribution in [0, 0.1) is 0 Å². The first kappa shape index (κ1) is 6.80. The van der Waals surface area contributed by atoms with Gasteiger partial charge in [-0.05, 0) is 0 Å². The average molecular weight is 106 g/mol. The summed E-state index contributed by atoms with van der Waals surface area (Å²) >= 11 is 0. The maximum Gasteiger partial charge on any atom is 0.0572 e. The Hall–Kier alpha value is -0.200. The minimum atomic E-state index is 0.708. The normalized spacial score (nSPS) is 10.3. The van der Waals surface area contributed by atoms with Crippen molar-refractivity contribution in [3.05, 3.63) is 5.59 Å². The molecule has 0 aliphatic carbocycles. The first-order chi connectivity index (χ1) is 3.31. The standard InChI is InChI=1S/C2H8N3O2/c1-6-4-5(3)7-2/h3H2,1-2H3/q-1. The van der Waals surface area contributed by atoms with E-state index >= 15 is 0 Å². The van der Waals surface area contributed by atoms with Crippen molar-refractivity contribution >= 4 is 0 Å². The molecule has 5 heteroatoms. The molecular formula is C2H8N3O2-. The van der Waals surface area contributed by atoms with Crippen LogP contribution >= 0.6 is 0 Å². The molecule has 0 aromatic rings. The summed E-state index contributed by atoms with van der Waals surface area (Å²) in [6.45, 7) is 0. The average Bonchev–Trinajstić information content (AvgIpc) is 1.68. The molecule has 0 aliphatic heterocycles. The minimum Gasteiger partial charge on any atom is -0.472 e. The first-order valence-electron chi connectivity index (χ1n) is 1.64. The molecule has 0 fully saturated rings. The van der Waals surface area contributed by atoms with Crippen molar-refractivity contribution in [3.8, 4) is 0 Å². The molecule has 0 radical (unpaired) electrons. The highest BCUT2D eigenvalue weighted by atomic mass is 16.8. The maximum absolute atomic E-state index is 4.90. The van der Waals surface area contributed by atoms with Gasteiger partial charge in [0.1, 0.15) is 0 Å². The molecule has 0 spiro atoms. The lowest BCUT2D eigenvalue weighted by Gasteiger charge is -2.26. The monoisotopic (exact) mass is 106 g/mol. The lowest BCUT2D eigenvalue weighted by Crippen LogP contribution is -2.24. The van der Waals surface area contributed by atoms with Crippen LogP contribution in [-0.4, -0.2) is 19.5 Å². The predicted octanol–water partition coefficient (Wildman–Crippen LogP) is -0.426. The van der Waals surface area contributed by atoms with Crippen molar-refractivity contribution in [3.63, 3.8) is 0 Å². The summed E-state index contributed by atoms with van der Waals surface area (Å²) in [6, 6.07) is 0. The molecule has 0 rings (SSSR count). The predicted molar refractivity (Wildman–Crippen MR) is 23.4 cm³/mol. The second kappa shape index (κ2) is 3.97. The number of nitrogens with two attached hydrogens (primary N) is 1. The van der Waals surface area contributed by atoms with Crippen LogP contribution in [0.3, 0.4) is 0 Å². The molecule has 2 N–H and O–H groups in total. The smallest absolute Gasteiger partial charge is 0.0572 e. The lowest BCUT2D eigenvalue weighted by atomic mass is 11.7. The number of rotatable bonds is 3. The van der Waals surface area contributed by atoms with E-state index in [1.165, 1.54) is 14.2 Å². The third-order valence-electron chi connectivity index (χ3n) is 0.349. The van der Waals surface area contributed by atoms with E-state index in [1.54, 1.807) is 0 Å². The molecule has 0 aliphatic rings. The summed E-state index contributed by atoms with van der Waals surface area (Å²) in [5.41, 5.74) is 3.13. The lowest BCUT2D eigenvalue weighted by molar-refractivity contribution is -0.139. The third-order valence-corrected chi connectivity index (χ3v) is 0.349. The zero-order valence-electron chi connectivity index (χ0n) is 4.29. The minimum absolute atomic E-state index is 0.708. The summed E-state index contributed by atoms with van der Waals surface area (Å²) in [4.78, 5) is 8.51. The van der Waals surface area contributed by atoms with Gasteiger partial charge in [0.05, 0.1) is 7.11 Å². The summed E-state index contributed by atoms with van der Waals surface area (Å²) in [5, 5.41) is 0.708. The van der Waals surface area contributed by atoms with Crippen LogP contribution in [0.2, 0.25) is 0 Å². The molecule has 0 heterocycles. The number of hydrogen-bond acceptors (Lipinski definition) is 4. The van der Waals surface area contributed by atoms with Crippen molar-refractivity contribution < 1.29 is 9.68 Å². The SMILES string of the molecule is CO[N-]N(N)OC. The van der Waals surface area contributed by atoms with E-state index in [0.29, 0.717) is 5.28 Å². The van der Waals surface area contributed by atoms with Crippen molar-refractivity contribution in [1.82, 2.24) is 5.28 Å². The fourth-order valence-corrected chi connectivity index (χ4v) is 0.114. The molecule has 0 atom stereocenters. The van der Waals surface area contributed by atoms with E-state index in [2.05, 4.69) is 15.3 Å². The molecule has 7 heavy (non-hydrogen) atoms. The molecular weight excluding hydrogens is 98.0 g/mol. The van der Waals surface area contributed by atoms with E-state index < -0.39 is 0 Å². The zero-order valence-corrected chi connectivity index (χ0v) is 4.29. The van der Waals surface area contributed by atoms with E-state index in [-0.39, 0.29) is 0 Å². The van der Waals surface area contributed by atoms with Crippen molar-refractivity contribution in [2.45, 2.75) is 0 Å². The van der Waals surface area contributed by atoms with Gasteiger partial charge in [0.15, 0.2) is 0 Å². The topological polar surface area (TPSA) is 61.8 Å². The summed E-state index contributed by atoms with van der Waals surface area (Å²) in [5.74, 6) is 4.90. The van der Waals surface area contributed by atoms with E-state index in [0.717, 1.165) is 0 Å². The summed E-state index contributed by atoms with van der Waals surface area (Å²) in [6.07, 6.45) is 0. The highest BCUT2D eigenvalue weighted by Gasteiger charge is 1.70. The Kier molecular flexibility index (Phi) is 3.86. The van der Waals surface area contributed by atoms with Crippen molar-refractivity contribution in [1.29, 1.82) is 0 Å². The van der Waals surface area contributed by atoms with Crippen molar-refractivity contribution in [2.75, 3.05) is 14.2 Å². The highest BCUT2D eigenvalue weighted by Crippen LogP contribution is 1.86. The summed E-state index contributed by atoms with van der Waals surface area (Å²) in [7, 11) is 2.75. The third kappa shape index (κ3) is 3.64. The number of hydrogen-bond donors (Lipinski definition) is 1. The number of nitrogens with zero attached hydrogens (tertiary/aromatic N) is 2. The maximum atomic E-state index is 4.90. The fraction of sp³-hybridized carbons (Fsp3) is 1.00. The first-order valence-corrected chi connectivity index (χ1v) is 1.64. The second-order valence-corrected chi connectivity index (χ2v) is 0.749. The molecule has 44 valence electrons. The van der Waals surface area contributed by atoms with Gasteiger partial charge in [0.2, 0.25) is 0 Å². The van der Waals surface area contributed by atoms with Gasteiger partial charge < -0.3 is 15.3 Å². The molecule has 0 saturated heterocycles.